The van der Waals surface area contributed by atoms with Crippen molar-refractivity contribution < 1.29 is 20.1 Å². The van der Waals surface area contributed by atoms with Crippen LogP contribution in [0, 0.1) is 0 Å². The summed E-state index contributed by atoms with van der Waals surface area (Å²) in [6.45, 7) is 4.26. The van der Waals surface area contributed by atoms with Gasteiger partial charge in [0.05, 0.1) is 31.3 Å². The third kappa shape index (κ3) is 57.8. The molecule has 0 saturated heterocycles. The molecule has 0 saturated carbocycles. The summed E-state index contributed by atoms with van der Waals surface area (Å²) in [5, 5.41) is 33.6. The Kier molecular flexibility index (Phi) is 60.9. The maximum absolute atomic E-state index is 12.6. The minimum absolute atomic E-state index is 0.0156. The molecule has 0 bridgehead atoms. The van der Waals surface area contributed by atoms with Crippen LogP contribution in [0.15, 0.2) is 36.5 Å². The number of hydrogen-bond donors (Lipinski definition) is 4. The lowest BCUT2D eigenvalue weighted by Crippen LogP contribution is -2.45. The van der Waals surface area contributed by atoms with Crippen LogP contribution in [-0.2, 0) is 4.79 Å². The maximum atomic E-state index is 12.6. The second-order valence-electron chi connectivity index (χ2n) is 22.7. The van der Waals surface area contributed by atoms with Crippen LogP contribution < -0.4 is 5.32 Å². The molecule has 4 N–H and O–H groups in total. The predicted molar refractivity (Wildman–Crippen MR) is 319 cm³/mol. The number of carbonyl (C=O) groups is 1. The van der Waals surface area contributed by atoms with Crippen LogP contribution >= 0.6 is 0 Å². The second-order valence-corrected chi connectivity index (χ2v) is 22.7. The molecule has 0 aromatic rings. The Morgan fingerprint density at radius 1 is 0.361 bits per heavy atom. The van der Waals surface area contributed by atoms with Crippen molar-refractivity contribution >= 4 is 5.91 Å². The summed E-state index contributed by atoms with van der Waals surface area (Å²) < 4.78 is 0. The molecular weight excluding hydrogens is 883 g/mol. The van der Waals surface area contributed by atoms with E-state index in [0.717, 1.165) is 32.1 Å². The third-order valence-electron chi connectivity index (χ3n) is 15.4. The zero-order valence-corrected chi connectivity index (χ0v) is 48.8. The fraction of sp³-hybridized carbons (Fsp3) is 0.896. The average Bonchev–Trinajstić information content (AvgIpc) is 3.38. The molecule has 0 heterocycles. The standard InChI is InChI=1S/C67H129NO4/c1-3-5-7-9-11-13-15-17-19-21-23-25-26-27-28-29-30-31-32-33-34-35-36-37-38-39-40-41-42-44-46-48-50-52-54-56-58-60-64(70)62-67(72)68-65(63-69)66(71)61-59-57-55-53-51-49-47-45-43-24-22-20-18-16-14-12-10-8-6-4-2/h30-31,33-34,59,61,64-66,69-71H,3-29,32,35-58,60,62-63H2,1-2H3,(H,68,72)/b31-30-,34-33-,61-59+. The average molecular weight is 1010 g/mol. The van der Waals surface area contributed by atoms with Gasteiger partial charge in [-0.1, -0.05) is 339 Å². The molecule has 0 aromatic carbocycles. The largest absolute Gasteiger partial charge is 0.394 e. The Hall–Kier alpha value is -1.43. The van der Waals surface area contributed by atoms with Crippen molar-refractivity contribution in [1.29, 1.82) is 0 Å². The van der Waals surface area contributed by atoms with Gasteiger partial charge in [0.25, 0.3) is 0 Å². The van der Waals surface area contributed by atoms with E-state index < -0.39 is 18.2 Å². The molecule has 0 rings (SSSR count). The molecule has 72 heavy (non-hydrogen) atoms. The molecular formula is C67H129NO4. The second kappa shape index (κ2) is 62.1. The number of rotatable bonds is 61. The smallest absolute Gasteiger partial charge is 0.222 e. The van der Waals surface area contributed by atoms with Gasteiger partial charge in [-0.05, 0) is 51.4 Å². The van der Waals surface area contributed by atoms with Crippen molar-refractivity contribution in [3.8, 4) is 0 Å². The summed E-state index contributed by atoms with van der Waals surface area (Å²) in [4.78, 5) is 12.6. The van der Waals surface area contributed by atoms with Gasteiger partial charge < -0.3 is 20.6 Å². The lowest BCUT2D eigenvalue weighted by molar-refractivity contribution is -0.124. The minimum Gasteiger partial charge on any atom is -0.394 e. The quantitative estimate of drug-likeness (QED) is 0.0361. The Bertz CT molecular complexity index is 1120. The summed E-state index contributed by atoms with van der Waals surface area (Å²) in [5.41, 5.74) is 0. The van der Waals surface area contributed by atoms with Crippen molar-refractivity contribution in [2.24, 2.45) is 0 Å². The molecule has 5 nitrogen and oxygen atoms in total. The van der Waals surface area contributed by atoms with Gasteiger partial charge in [-0.3, -0.25) is 4.79 Å². The van der Waals surface area contributed by atoms with Gasteiger partial charge in [-0.2, -0.15) is 0 Å². The highest BCUT2D eigenvalue weighted by molar-refractivity contribution is 5.76. The van der Waals surface area contributed by atoms with Gasteiger partial charge in [0.2, 0.25) is 5.91 Å². The normalized spacial score (nSPS) is 13.3. The molecule has 3 atom stereocenters. The number of aliphatic hydroxyl groups excluding tert-OH is 3. The first-order valence-corrected chi connectivity index (χ1v) is 32.8. The van der Waals surface area contributed by atoms with Gasteiger partial charge in [-0.15, -0.1) is 0 Å². The molecule has 3 unspecified atom stereocenters. The Morgan fingerprint density at radius 3 is 0.917 bits per heavy atom. The van der Waals surface area contributed by atoms with Gasteiger partial charge in [-0.25, -0.2) is 0 Å². The van der Waals surface area contributed by atoms with Crippen LogP contribution in [0.25, 0.3) is 0 Å². The number of carbonyl (C=O) groups excluding carboxylic acids is 1. The number of aliphatic hydroxyl groups is 3. The third-order valence-corrected chi connectivity index (χ3v) is 15.4. The Morgan fingerprint density at radius 2 is 0.625 bits per heavy atom. The van der Waals surface area contributed by atoms with Crippen molar-refractivity contribution in [2.75, 3.05) is 6.61 Å². The summed E-state index contributed by atoms with van der Waals surface area (Å²) in [6, 6.07) is -0.745. The summed E-state index contributed by atoms with van der Waals surface area (Å²) in [5.74, 6) is -0.310. The van der Waals surface area contributed by atoms with E-state index in [-0.39, 0.29) is 18.9 Å². The lowest BCUT2D eigenvalue weighted by Gasteiger charge is -2.21. The topological polar surface area (TPSA) is 89.8 Å². The van der Waals surface area contributed by atoms with Crippen molar-refractivity contribution in [3.63, 3.8) is 0 Å². The van der Waals surface area contributed by atoms with Crippen LogP contribution in [0.2, 0.25) is 0 Å². The zero-order chi connectivity index (χ0) is 52.2. The van der Waals surface area contributed by atoms with E-state index in [0.29, 0.717) is 6.42 Å². The minimum atomic E-state index is -0.930. The zero-order valence-electron chi connectivity index (χ0n) is 48.8. The number of nitrogens with one attached hydrogen (secondary N) is 1. The lowest BCUT2D eigenvalue weighted by atomic mass is 10.0. The van der Waals surface area contributed by atoms with Crippen LogP contribution in [0.3, 0.4) is 0 Å². The molecule has 426 valence electrons. The van der Waals surface area contributed by atoms with E-state index in [4.69, 9.17) is 0 Å². The van der Waals surface area contributed by atoms with Crippen molar-refractivity contribution in [2.45, 2.75) is 379 Å². The van der Waals surface area contributed by atoms with Crippen molar-refractivity contribution in [3.05, 3.63) is 36.5 Å². The molecule has 1 amide bonds. The molecule has 0 aliphatic rings. The number of amides is 1. The highest BCUT2D eigenvalue weighted by atomic mass is 16.3. The number of hydrogen-bond acceptors (Lipinski definition) is 4. The molecule has 0 aliphatic heterocycles. The monoisotopic (exact) mass is 1010 g/mol. The van der Waals surface area contributed by atoms with Crippen LogP contribution in [0.5, 0.6) is 0 Å². The van der Waals surface area contributed by atoms with E-state index in [1.54, 1.807) is 6.08 Å². The Balaban J connectivity index is 3.50. The highest BCUT2D eigenvalue weighted by Gasteiger charge is 2.20. The summed E-state index contributed by atoms with van der Waals surface area (Å²) >= 11 is 0. The number of allylic oxidation sites excluding steroid dienone is 5. The van der Waals surface area contributed by atoms with Gasteiger partial charge >= 0.3 is 0 Å². The molecule has 0 spiro atoms. The predicted octanol–water partition coefficient (Wildman–Crippen LogP) is 21.0. The van der Waals surface area contributed by atoms with Crippen molar-refractivity contribution in [1.82, 2.24) is 5.32 Å². The Labute approximate surface area is 451 Å². The molecule has 0 aromatic heterocycles. The maximum Gasteiger partial charge on any atom is 0.222 e. The van der Waals surface area contributed by atoms with E-state index in [2.05, 4.69) is 43.5 Å². The molecule has 5 heteroatoms. The SMILES string of the molecule is CCCCCCCCCCCCCCCCC/C=C\C/C=C\CCCCCCCCCCCCCCCCCC(O)CC(=O)NC(CO)C(O)/C=C/CCCCCCCCCCCCCCCCCCCC. The van der Waals surface area contributed by atoms with E-state index >= 15 is 0 Å². The summed E-state index contributed by atoms with van der Waals surface area (Å²) in [6.07, 6.45) is 82.4. The first-order chi connectivity index (χ1) is 35.5. The van der Waals surface area contributed by atoms with E-state index in [1.807, 2.05) is 6.08 Å². The molecule has 0 fully saturated rings. The molecule has 0 radical (unpaired) electrons. The van der Waals surface area contributed by atoms with Crippen LogP contribution in [-0.4, -0.2) is 46.1 Å². The van der Waals surface area contributed by atoms with E-state index in [9.17, 15) is 20.1 Å². The van der Waals surface area contributed by atoms with Crippen LogP contribution in [0.4, 0.5) is 0 Å². The highest BCUT2D eigenvalue weighted by Crippen LogP contribution is 2.18. The van der Waals surface area contributed by atoms with Gasteiger partial charge in [0.15, 0.2) is 0 Å². The first kappa shape index (κ1) is 70.6. The summed E-state index contributed by atoms with van der Waals surface area (Å²) in [7, 11) is 0. The fourth-order valence-electron chi connectivity index (χ4n) is 10.4. The van der Waals surface area contributed by atoms with Gasteiger partial charge in [0.1, 0.15) is 0 Å². The number of unbranched alkanes of at least 4 members (excludes halogenated alkanes) is 48. The van der Waals surface area contributed by atoms with Gasteiger partial charge in [0, 0.05) is 0 Å². The molecule has 0 aliphatic carbocycles. The first-order valence-electron chi connectivity index (χ1n) is 32.8. The van der Waals surface area contributed by atoms with E-state index in [1.165, 1.54) is 302 Å². The fourth-order valence-corrected chi connectivity index (χ4v) is 10.4. The van der Waals surface area contributed by atoms with Crippen LogP contribution in [0.1, 0.15) is 361 Å².